The van der Waals surface area contributed by atoms with E-state index in [-0.39, 0.29) is 5.91 Å². The lowest BCUT2D eigenvalue weighted by atomic mass is 10.1. The summed E-state index contributed by atoms with van der Waals surface area (Å²) in [6.45, 7) is 7.74. The Labute approximate surface area is 133 Å². The molecular formula is C15H20N4O2S. The molecule has 1 fully saturated rings. The van der Waals surface area contributed by atoms with E-state index in [4.69, 9.17) is 0 Å². The largest absolute Gasteiger partial charge is 0.381 e. The van der Waals surface area contributed by atoms with Crippen molar-refractivity contribution in [1.29, 1.82) is 0 Å². The summed E-state index contributed by atoms with van der Waals surface area (Å²) in [6, 6.07) is 2.11. The molecule has 118 valence electrons. The zero-order chi connectivity index (χ0) is 15.9. The number of aromatic nitrogens is 2. The summed E-state index contributed by atoms with van der Waals surface area (Å²) in [5.74, 6) is 0.719. The van der Waals surface area contributed by atoms with Gasteiger partial charge in [0.15, 0.2) is 0 Å². The Morgan fingerprint density at radius 1 is 1.27 bits per heavy atom. The van der Waals surface area contributed by atoms with Gasteiger partial charge >= 0.3 is 0 Å². The van der Waals surface area contributed by atoms with E-state index in [2.05, 4.69) is 27.9 Å². The average Bonchev–Trinajstić information content (AvgIpc) is 2.85. The molecule has 0 saturated carbocycles. The molecule has 2 aromatic rings. The quantitative estimate of drug-likeness (QED) is 0.906. The molecule has 0 atom stereocenters. The van der Waals surface area contributed by atoms with E-state index in [1.54, 1.807) is 22.6 Å². The first-order chi connectivity index (χ1) is 10.4. The molecule has 3 heterocycles. The topological polar surface area (TPSA) is 69.6 Å². The number of hydrogen-bond donors (Lipinski definition) is 1. The number of nitrogens with zero attached hydrogens (tertiary/aromatic N) is 4. The Morgan fingerprint density at radius 2 is 1.95 bits per heavy atom. The normalized spacial score (nSPS) is 16.4. The van der Waals surface area contributed by atoms with Gasteiger partial charge in [0, 0.05) is 31.1 Å². The molecule has 1 aliphatic rings. The second-order valence-corrected chi connectivity index (χ2v) is 7.35. The molecule has 1 N–H and O–H groups in total. The number of piperazine rings is 1. The number of thiophene rings is 1. The predicted octanol–water partition coefficient (Wildman–Crippen LogP) is 1.42. The third-order valence-corrected chi connectivity index (χ3v) is 4.78. The van der Waals surface area contributed by atoms with Crippen LogP contribution in [0, 0.1) is 6.92 Å². The van der Waals surface area contributed by atoms with Gasteiger partial charge in [-0.15, -0.1) is 11.3 Å². The monoisotopic (exact) mass is 320 g/mol. The van der Waals surface area contributed by atoms with Crippen LogP contribution in [-0.2, 0) is 4.79 Å². The highest BCUT2D eigenvalue weighted by atomic mass is 32.1. The van der Waals surface area contributed by atoms with Crippen molar-refractivity contribution in [3.05, 3.63) is 17.3 Å². The zero-order valence-electron chi connectivity index (χ0n) is 13.0. The van der Waals surface area contributed by atoms with Gasteiger partial charge in [0.1, 0.15) is 22.6 Å². The lowest BCUT2D eigenvalue weighted by Gasteiger charge is -2.37. The Kier molecular flexibility index (Phi) is 3.78. The number of hydrogen-bond acceptors (Lipinski definition) is 6. The van der Waals surface area contributed by atoms with Gasteiger partial charge in [0.25, 0.3) is 5.91 Å². The van der Waals surface area contributed by atoms with E-state index in [9.17, 15) is 9.90 Å². The summed E-state index contributed by atoms with van der Waals surface area (Å²) in [6.07, 6.45) is 1.60. The number of anilines is 1. The van der Waals surface area contributed by atoms with E-state index in [1.807, 2.05) is 0 Å². The van der Waals surface area contributed by atoms with Crippen molar-refractivity contribution in [2.45, 2.75) is 26.4 Å². The number of amides is 1. The minimum atomic E-state index is -1.31. The Hall–Kier alpha value is -1.73. The molecule has 0 bridgehead atoms. The van der Waals surface area contributed by atoms with Crippen molar-refractivity contribution in [3.8, 4) is 0 Å². The van der Waals surface area contributed by atoms with Crippen LogP contribution in [0.4, 0.5) is 5.82 Å². The number of fused-ring (bicyclic) bond motifs is 1. The first kappa shape index (κ1) is 15.2. The van der Waals surface area contributed by atoms with Gasteiger partial charge < -0.3 is 14.9 Å². The van der Waals surface area contributed by atoms with Crippen molar-refractivity contribution < 1.29 is 9.90 Å². The lowest BCUT2D eigenvalue weighted by Crippen LogP contribution is -2.54. The average molecular weight is 320 g/mol. The van der Waals surface area contributed by atoms with Crippen LogP contribution >= 0.6 is 11.3 Å². The van der Waals surface area contributed by atoms with Crippen LogP contribution in [0.2, 0.25) is 0 Å². The van der Waals surface area contributed by atoms with Crippen LogP contribution in [0.1, 0.15) is 18.7 Å². The third-order valence-electron chi connectivity index (χ3n) is 3.82. The predicted molar refractivity (Wildman–Crippen MR) is 87.2 cm³/mol. The minimum Gasteiger partial charge on any atom is -0.381 e. The molecule has 0 radical (unpaired) electrons. The smallest absolute Gasteiger partial charge is 0.254 e. The zero-order valence-corrected chi connectivity index (χ0v) is 13.9. The second kappa shape index (κ2) is 5.48. The summed E-state index contributed by atoms with van der Waals surface area (Å²) in [5, 5.41) is 10.9. The van der Waals surface area contributed by atoms with Crippen molar-refractivity contribution >= 4 is 33.3 Å². The van der Waals surface area contributed by atoms with Gasteiger partial charge in [-0.1, -0.05) is 0 Å². The van der Waals surface area contributed by atoms with Gasteiger partial charge in [0.05, 0.1) is 5.39 Å². The van der Waals surface area contributed by atoms with Gasteiger partial charge in [-0.25, -0.2) is 9.97 Å². The molecule has 0 unspecified atom stereocenters. The van der Waals surface area contributed by atoms with Crippen molar-refractivity contribution in [3.63, 3.8) is 0 Å². The fourth-order valence-electron chi connectivity index (χ4n) is 2.72. The number of rotatable bonds is 2. The van der Waals surface area contributed by atoms with Crippen LogP contribution in [0.3, 0.4) is 0 Å². The molecule has 1 aliphatic heterocycles. The molecule has 22 heavy (non-hydrogen) atoms. The molecule has 6 nitrogen and oxygen atoms in total. The molecule has 3 rings (SSSR count). The molecular weight excluding hydrogens is 300 g/mol. The van der Waals surface area contributed by atoms with E-state index < -0.39 is 5.60 Å². The number of aryl methyl sites for hydroxylation is 1. The highest BCUT2D eigenvalue weighted by Gasteiger charge is 2.32. The van der Waals surface area contributed by atoms with Crippen molar-refractivity contribution in [2.24, 2.45) is 0 Å². The highest BCUT2D eigenvalue weighted by molar-refractivity contribution is 7.18. The summed E-state index contributed by atoms with van der Waals surface area (Å²) >= 11 is 1.66. The molecule has 1 amide bonds. The maximum atomic E-state index is 12.1. The Morgan fingerprint density at radius 3 is 2.59 bits per heavy atom. The van der Waals surface area contributed by atoms with Crippen LogP contribution in [0.25, 0.3) is 10.2 Å². The number of aliphatic hydroxyl groups is 1. The summed E-state index contributed by atoms with van der Waals surface area (Å²) < 4.78 is 0. The number of carbonyl (C=O) groups excluding carboxylic acids is 1. The Balaban J connectivity index is 1.77. The first-order valence-electron chi connectivity index (χ1n) is 7.34. The van der Waals surface area contributed by atoms with Crippen LogP contribution in [0.15, 0.2) is 12.4 Å². The summed E-state index contributed by atoms with van der Waals surface area (Å²) in [4.78, 5) is 27.0. The van der Waals surface area contributed by atoms with E-state index in [0.717, 1.165) is 16.0 Å². The van der Waals surface area contributed by atoms with Gasteiger partial charge in [0.2, 0.25) is 0 Å². The molecule has 1 saturated heterocycles. The van der Waals surface area contributed by atoms with Gasteiger partial charge in [-0.05, 0) is 26.8 Å². The minimum absolute atomic E-state index is 0.216. The van der Waals surface area contributed by atoms with Gasteiger partial charge in [-0.2, -0.15) is 0 Å². The van der Waals surface area contributed by atoms with E-state index in [1.165, 1.54) is 18.7 Å². The van der Waals surface area contributed by atoms with Crippen LogP contribution in [0.5, 0.6) is 0 Å². The molecule has 0 aromatic carbocycles. The molecule has 2 aromatic heterocycles. The fourth-order valence-corrected chi connectivity index (χ4v) is 3.57. The third kappa shape index (κ3) is 2.78. The molecule has 0 spiro atoms. The first-order valence-corrected chi connectivity index (χ1v) is 8.16. The lowest BCUT2D eigenvalue weighted by molar-refractivity contribution is -0.148. The van der Waals surface area contributed by atoms with E-state index in [0.29, 0.717) is 26.2 Å². The van der Waals surface area contributed by atoms with Crippen LogP contribution in [-0.4, -0.2) is 57.7 Å². The SMILES string of the molecule is Cc1cc2c(N3CCN(C(=O)C(C)(C)O)CC3)ncnc2s1. The van der Waals surface area contributed by atoms with Crippen LogP contribution < -0.4 is 4.90 Å². The Bertz CT molecular complexity index is 699. The maximum Gasteiger partial charge on any atom is 0.254 e. The number of carbonyl (C=O) groups is 1. The molecule has 7 heteroatoms. The maximum absolute atomic E-state index is 12.1. The fraction of sp³-hybridized carbons (Fsp3) is 0.533. The van der Waals surface area contributed by atoms with Crippen molar-refractivity contribution in [2.75, 3.05) is 31.1 Å². The van der Waals surface area contributed by atoms with E-state index >= 15 is 0 Å². The molecule has 0 aliphatic carbocycles. The summed E-state index contributed by atoms with van der Waals surface area (Å²) in [5.41, 5.74) is -1.31. The second-order valence-electron chi connectivity index (χ2n) is 6.11. The van der Waals surface area contributed by atoms with Gasteiger partial charge in [-0.3, -0.25) is 4.79 Å². The standard InChI is InChI=1S/C15H20N4O2S/c1-10-8-11-12(16-9-17-13(11)22-10)18-4-6-19(7-5-18)14(20)15(2,3)21/h8-9,21H,4-7H2,1-3H3. The summed E-state index contributed by atoms with van der Waals surface area (Å²) in [7, 11) is 0. The van der Waals surface area contributed by atoms with Crippen molar-refractivity contribution in [1.82, 2.24) is 14.9 Å². The highest BCUT2D eigenvalue weighted by Crippen LogP contribution is 2.30.